The number of methoxy groups -OCH3 is 1. The molecule has 1 aliphatic carbocycles. The smallest absolute Gasteiger partial charge is 0.308 e. The van der Waals surface area contributed by atoms with Gasteiger partial charge in [-0.3, -0.25) is 4.79 Å². The van der Waals surface area contributed by atoms with Crippen LogP contribution in [0.25, 0.3) is 0 Å². The first-order chi connectivity index (χ1) is 9.38. The molecule has 1 atom stereocenters. The highest BCUT2D eigenvalue weighted by Crippen LogP contribution is 2.26. The van der Waals surface area contributed by atoms with Gasteiger partial charge in [0.2, 0.25) is 0 Å². The molecule has 1 N–H and O–H groups in total. The van der Waals surface area contributed by atoms with Gasteiger partial charge in [-0.25, -0.2) is 0 Å². The maximum Gasteiger partial charge on any atom is 0.308 e. The van der Waals surface area contributed by atoms with Crippen LogP contribution in [0.1, 0.15) is 59.8 Å². The molecular weight excluding hydrogens is 254 g/mol. The minimum atomic E-state index is -0.0887. The van der Waals surface area contributed by atoms with Crippen molar-refractivity contribution in [1.82, 2.24) is 5.32 Å². The lowest BCUT2D eigenvalue weighted by Crippen LogP contribution is -2.43. The van der Waals surface area contributed by atoms with E-state index in [4.69, 9.17) is 9.47 Å². The van der Waals surface area contributed by atoms with Gasteiger partial charge in [-0.15, -0.1) is 0 Å². The van der Waals surface area contributed by atoms with Gasteiger partial charge in [-0.1, -0.05) is 0 Å². The zero-order valence-corrected chi connectivity index (χ0v) is 13.7. The molecule has 1 aliphatic rings. The zero-order valence-electron chi connectivity index (χ0n) is 13.7. The molecule has 0 saturated heterocycles. The van der Waals surface area contributed by atoms with Crippen LogP contribution in [-0.4, -0.2) is 37.4 Å². The Kier molecular flexibility index (Phi) is 6.96. The summed E-state index contributed by atoms with van der Waals surface area (Å²) < 4.78 is 10.6. The molecule has 4 nitrogen and oxygen atoms in total. The number of hydrogen-bond acceptors (Lipinski definition) is 4. The average Bonchev–Trinajstić information content (AvgIpc) is 2.39. The van der Waals surface area contributed by atoms with Crippen LogP contribution in [0, 0.1) is 5.92 Å². The molecule has 0 bridgehead atoms. The molecule has 0 amide bonds. The SMILES string of the molecule is CCOC(=O)C1CCC(NC(C)CC(C)(C)OC)CC1. The van der Waals surface area contributed by atoms with Crippen LogP contribution < -0.4 is 5.32 Å². The maximum absolute atomic E-state index is 11.7. The Morgan fingerprint density at radius 3 is 2.40 bits per heavy atom. The maximum atomic E-state index is 11.7. The lowest BCUT2D eigenvalue weighted by atomic mass is 9.85. The number of rotatable bonds is 7. The molecule has 1 rings (SSSR count). The molecule has 20 heavy (non-hydrogen) atoms. The Hall–Kier alpha value is -0.610. The second-order valence-corrected chi connectivity index (χ2v) is 6.54. The van der Waals surface area contributed by atoms with Crippen LogP contribution in [0.15, 0.2) is 0 Å². The molecule has 1 unspecified atom stereocenters. The van der Waals surface area contributed by atoms with Gasteiger partial charge in [-0.05, 0) is 59.8 Å². The predicted octanol–water partition coefficient (Wildman–Crippen LogP) is 2.90. The van der Waals surface area contributed by atoms with Crippen molar-refractivity contribution in [3.05, 3.63) is 0 Å². The van der Waals surface area contributed by atoms with Crippen molar-refractivity contribution in [3.8, 4) is 0 Å². The highest BCUT2D eigenvalue weighted by Gasteiger charge is 2.28. The van der Waals surface area contributed by atoms with Gasteiger partial charge in [0.05, 0.1) is 18.1 Å². The molecule has 118 valence electrons. The molecule has 0 aromatic rings. The van der Waals surface area contributed by atoms with Crippen LogP contribution in [0.3, 0.4) is 0 Å². The average molecular weight is 285 g/mol. The standard InChI is InChI=1S/C16H31NO3/c1-6-20-15(18)13-7-9-14(10-8-13)17-12(2)11-16(3,4)19-5/h12-14,17H,6-11H2,1-5H3. The minimum Gasteiger partial charge on any atom is -0.466 e. The Bertz CT molecular complexity index is 296. The first kappa shape index (κ1) is 17.4. The fraction of sp³-hybridized carbons (Fsp3) is 0.938. The van der Waals surface area contributed by atoms with Crippen LogP contribution >= 0.6 is 0 Å². The van der Waals surface area contributed by atoms with E-state index in [1.54, 1.807) is 7.11 Å². The van der Waals surface area contributed by atoms with Gasteiger partial charge in [0.15, 0.2) is 0 Å². The second-order valence-electron chi connectivity index (χ2n) is 6.54. The van der Waals surface area contributed by atoms with Gasteiger partial charge < -0.3 is 14.8 Å². The normalized spacial score (nSPS) is 25.2. The monoisotopic (exact) mass is 285 g/mol. The summed E-state index contributed by atoms with van der Waals surface area (Å²) in [6, 6.07) is 0.942. The number of esters is 1. The summed E-state index contributed by atoms with van der Waals surface area (Å²) in [4.78, 5) is 11.7. The fourth-order valence-corrected chi connectivity index (χ4v) is 3.04. The van der Waals surface area contributed by atoms with Crippen molar-refractivity contribution < 1.29 is 14.3 Å². The van der Waals surface area contributed by atoms with E-state index in [-0.39, 0.29) is 17.5 Å². The van der Waals surface area contributed by atoms with E-state index >= 15 is 0 Å². The second kappa shape index (κ2) is 7.99. The predicted molar refractivity (Wildman–Crippen MR) is 80.7 cm³/mol. The van der Waals surface area contributed by atoms with Gasteiger partial charge in [0, 0.05) is 19.2 Å². The van der Waals surface area contributed by atoms with Crippen molar-refractivity contribution in [1.29, 1.82) is 0 Å². The summed E-state index contributed by atoms with van der Waals surface area (Å²) in [5.41, 5.74) is -0.0887. The first-order valence-corrected chi connectivity index (χ1v) is 7.85. The van der Waals surface area contributed by atoms with E-state index in [1.807, 2.05) is 6.92 Å². The molecule has 0 heterocycles. The van der Waals surface area contributed by atoms with Crippen molar-refractivity contribution in [2.45, 2.75) is 77.5 Å². The molecule has 4 heteroatoms. The Balaban J connectivity index is 2.30. The zero-order chi connectivity index (χ0) is 15.2. The third kappa shape index (κ3) is 5.80. The van der Waals surface area contributed by atoms with Crippen molar-refractivity contribution in [2.24, 2.45) is 5.92 Å². The summed E-state index contributed by atoms with van der Waals surface area (Å²) >= 11 is 0. The summed E-state index contributed by atoms with van der Waals surface area (Å²) in [7, 11) is 1.76. The van der Waals surface area contributed by atoms with Gasteiger partial charge in [0.25, 0.3) is 0 Å². The van der Waals surface area contributed by atoms with E-state index in [1.165, 1.54) is 0 Å². The number of carbonyl (C=O) groups excluding carboxylic acids is 1. The lowest BCUT2D eigenvalue weighted by Gasteiger charge is -2.33. The summed E-state index contributed by atoms with van der Waals surface area (Å²) in [6.45, 7) is 8.79. The number of carbonyl (C=O) groups is 1. The topological polar surface area (TPSA) is 47.6 Å². The van der Waals surface area contributed by atoms with Gasteiger partial charge in [0.1, 0.15) is 0 Å². The highest BCUT2D eigenvalue weighted by molar-refractivity contribution is 5.72. The molecule has 0 aromatic heterocycles. The quantitative estimate of drug-likeness (QED) is 0.731. The Labute approximate surface area is 123 Å². The molecule has 0 aromatic carbocycles. The Morgan fingerprint density at radius 1 is 1.30 bits per heavy atom. The fourth-order valence-electron chi connectivity index (χ4n) is 3.04. The van der Waals surface area contributed by atoms with Crippen LogP contribution in [0.2, 0.25) is 0 Å². The van der Waals surface area contributed by atoms with Crippen LogP contribution in [-0.2, 0) is 14.3 Å². The first-order valence-electron chi connectivity index (χ1n) is 7.85. The summed E-state index contributed by atoms with van der Waals surface area (Å²) in [5.74, 6) is 0.0956. The Morgan fingerprint density at radius 2 is 1.90 bits per heavy atom. The van der Waals surface area contributed by atoms with Crippen molar-refractivity contribution >= 4 is 5.97 Å². The molecule has 0 aliphatic heterocycles. The molecule has 0 radical (unpaired) electrons. The van der Waals surface area contributed by atoms with Gasteiger partial charge >= 0.3 is 5.97 Å². The number of ether oxygens (including phenoxy) is 2. The van der Waals surface area contributed by atoms with Gasteiger partial charge in [-0.2, -0.15) is 0 Å². The molecular formula is C16H31NO3. The summed E-state index contributed by atoms with van der Waals surface area (Å²) in [5, 5.41) is 3.67. The van der Waals surface area contributed by atoms with Crippen molar-refractivity contribution in [3.63, 3.8) is 0 Å². The summed E-state index contributed by atoms with van der Waals surface area (Å²) in [6.07, 6.45) is 4.98. The molecule has 1 fully saturated rings. The highest BCUT2D eigenvalue weighted by atomic mass is 16.5. The van der Waals surface area contributed by atoms with Crippen LogP contribution in [0.4, 0.5) is 0 Å². The van der Waals surface area contributed by atoms with E-state index in [9.17, 15) is 4.79 Å². The lowest BCUT2D eigenvalue weighted by molar-refractivity contribution is -0.149. The van der Waals surface area contributed by atoms with E-state index in [0.29, 0.717) is 18.7 Å². The van der Waals surface area contributed by atoms with Crippen LogP contribution in [0.5, 0.6) is 0 Å². The van der Waals surface area contributed by atoms with E-state index in [2.05, 4.69) is 26.1 Å². The van der Waals surface area contributed by atoms with Crippen molar-refractivity contribution in [2.75, 3.05) is 13.7 Å². The number of hydrogen-bond donors (Lipinski definition) is 1. The van der Waals surface area contributed by atoms with E-state index in [0.717, 1.165) is 32.1 Å². The molecule has 0 spiro atoms. The molecule has 1 saturated carbocycles. The van der Waals surface area contributed by atoms with E-state index < -0.39 is 0 Å². The largest absolute Gasteiger partial charge is 0.466 e. The third-order valence-electron chi connectivity index (χ3n) is 4.22. The number of nitrogens with one attached hydrogen (secondary N) is 1. The third-order valence-corrected chi connectivity index (χ3v) is 4.22. The minimum absolute atomic E-state index is 0.0143.